The number of halogens is 1. The van der Waals surface area contributed by atoms with Gasteiger partial charge in [0.05, 0.1) is 11.6 Å². The molecule has 2 aromatic rings. The highest BCUT2D eigenvalue weighted by atomic mass is 19.1. The number of benzene rings is 2. The molecular weight excluding hydrogens is 251 g/mol. The van der Waals surface area contributed by atoms with Crippen LogP contribution in [0.5, 0.6) is 0 Å². The number of nitrogens with zero attached hydrogens (tertiary/aromatic N) is 1. The van der Waals surface area contributed by atoms with Crippen molar-refractivity contribution in [3.63, 3.8) is 0 Å². The first-order chi connectivity index (χ1) is 9.78. The minimum atomic E-state index is -0.312. The molecule has 0 bridgehead atoms. The summed E-state index contributed by atoms with van der Waals surface area (Å²) in [6.07, 6.45) is 1.10. The fourth-order valence-electron chi connectivity index (χ4n) is 2.49. The molecule has 1 N–H and O–H groups in total. The second-order valence-electron chi connectivity index (χ2n) is 5.16. The van der Waals surface area contributed by atoms with Crippen molar-refractivity contribution in [1.29, 1.82) is 5.26 Å². The van der Waals surface area contributed by atoms with E-state index in [1.807, 2.05) is 24.3 Å². The SMILES string of the molecule is N#Cc1ccc(CNC2CC2c2ccccc2)c(F)c1. The van der Waals surface area contributed by atoms with E-state index in [1.165, 1.54) is 11.6 Å². The van der Waals surface area contributed by atoms with Crippen molar-refractivity contribution >= 4 is 0 Å². The first-order valence-electron chi connectivity index (χ1n) is 6.75. The Morgan fingerprint density at radius 1 is 1.20 bits per heavy atom. The largest absolute Gasteiger partial charge is 0.309 e. The van der Waals surface area contributed by atoms with Gasteiger partial charge in [-0.1, -0.05) is 36.4 Å². The van der Waals surface area contributed by atoms with E-state index in [9.17, 15) is 4.39 Å². The Hall–Kier alpha value is -2.18. The minimum Gasteiger partial charge on any atom is -0.309 e. The number of hydrogen-bond donors (Lipinski definition) is 1. The summed E-state index contributed by atoms with van der Waals surface area (Å²) >= 11 is 0. The van der Waals surface area contributed by atoms with Crippen LogP contribution in [0.1, 0.15) is 29.0 Å². The van der Waals surface area contributed by atoms with Gasteiger partial charge in [-0.15, -0.1) is 0 Å². The van der Waals surface area contributed by atoms with Gasteiger partial charge in [0.25, 0.3) is 0 Å². The molecule has 1 aliphatic carbocycles. The molecule has 3 rings (SSSR count). The van der Waals surface area contributed by atoms with Crippen LogP contribution in [-0.2, 0) is 6.54 Å². The van der Waals surface area contributed by atoms with Crippen molar-refractivity contribution in [3.05, 3.63) is 71.0 Å². The van der Waals surface area contributed by atoms with Crippen LogP contribution >= 0.6 is 0 Å². The quantitative estimate of drug-likeness (QED) is 0.921. The summed E-state index contributed by atoms with van der Waals surface area (Å²) < 4.78 is 13.7. The average Bonchev–Trinajstić information content (AvgIpc) is 3.26. The van der Waals surface area contributed by atoms with Crippen LogP contribution in [0.4, 0.5) is 4.39 Å². The van der Waals surface area contributed by atoms with Crippen molar-refractivity contribution in [2.45, 2.75) is 24.9 Å². The van der Waals surface area contributed by atoms with Crippen LogP contribution in [0, 0.1) is 17.1 Å². The van der Waals surface area contributed by atoms with Gasteiger partial charge in [0.2, 0.25) is 0 Å². The molecule has 1 fully saturated rings. The number of nitriles is 1. The number of nitrogens with one attached hydrogen (secondary N) is 1. The maximum atomic E-state index is 13.7. The van der Waals surface area contributed by atoms with Gasteiger partial charge in [-0.2, -0.15) is 5.26 Å². The molecule has 0 aliphatic heterocycles. The van der Waals surface area contributed by atoms with Crippen LogP contribution in [-0.4, -0.2) is 6.04 Å². The Bertz CT molecular complexity index is 646. The van der Waals surface area contributed by atoms with E-state index in [0.29, 0.717) is 29.6 Å². The second-order valence-corrected chi connectivity index (χ2v) is 5.16. The normalized spacial score (nSPS) is 20.4. The highest BCUT2D eigenvalue weighted by molar-refractivity contribution is 5.33. The Morgan fingerprint density at radius 3 is 2.70 bits per heavy atom. The van der Waals surface area contributed by atoms with Gasteiger partial charge in [-0.05, 0) is 24.1 Å². The summed E-state index contributed by atoms with van der Waals surface area (Å²) in [4.78, 5) is 0. The van der Waals surface area contributed by atoms with Crippen LogP contribution < -0.4 is 5.32 Å². The highest BCUT2D eigenvalue weighted by Gasteiger charge is 2.37. The zero-order chi connectivity index (χ0) is 13.9. The Labute approximate surface area is 117 Å². The van der Waals surface area contributed by atoms with Crippen molar-refractivity contribution in [1.82, 2.24) is 5.32 Å². The molecule has 0 aromatic heterocycles. The number of hydrogen-bond acceptors (Lipinski definition) is 2. The molecule has 0 spiro atoms. The molecule has 0 radical (unpaired) electrons. The predicted molar refractivity (Wildman–Crippen MR) is 75.5 cm³/mol. The smallest absolute Gasteiger partial charge is 0.129 e. The third-order valence-electron chi connectivity index (χ3n) is 3.76. The van der Waals surface area contributed by atoms with Gasteiger partial charge in [-0.3, -0.25) is 0 Å². The molecule has 20 heavy (non-hydrogen) atoms. The van der Waals surface area contributed by atoms with E-state index >= 15 is 0 Å². The van der Waals surface area contributed by atoms with E-state index in [-0.39, 0.29) is 5.82 Å². The zero-order valence-corrected chi connectivity index (χ0v) is 11.0. The summed E-state index contributed by atoms with van der Waals surface area (Å²) in [6, 6.07) is 17.4. The molecule has 1 aliphatic rings. The van der Waals surface area contributed by atoms with Crippen molar-refractivity contribution in [3.8, 4) is 6.07 Å². The van der Waals surface area contributed by atoms with Gasteiger partial charge in [0, 0.05) is 24.1 Å². The summed E-state index contributed by atoms with van der Waals surface area (Å²) in [5.41, 5.74) is 2.31. The molecule has 2 aromatic carbocycles. The maximum absolute atomic E-state index is 13.7. The van der Waals surface area contributed by atoms with Crippen LogP contribution in [0.15, 0.2) is 48.5 Å². The van der Waals surface area contributed by atoms with Gasteiger partial charge in [0.15, 0.2) is 0 Å². The second kappa shape index (κ2) is 5.44. The first-order valence-corrected chi connectivity index (χ1v) is 6.75. The average molecular weight is 266 g/mol. The van der Waals surface area contributed by atoms with Gasteiger partial charge < -0.3 is 5.32 Å². The van der Waals surface area contributed by atoms with Crippen molar-refractivity contribution in [2.24, 2.45) is 0 Å². The maximum Gasteiger partial charge on any atom is 0.129 e. The lowest BCUT2D eigenvalue weighted by Gasteiger charge is -2.06. The molecule has 3 heteroatoms. The monoisotopic (exact) mass is 266 g/mol. The molecule has 1 saturated carbocycles. The molecule has 0 heterocycles. The minimum absolute atomic E-state index is 0.312. The lowest BCUT2D eigenvalue weighted by Crippen LogP contribution is -2.18. The summed E-state index contributed by atoms with van der Waals surface area (Å²) in [7, 11) is 0. The lowest BCUT2D eigenvalue weighted by atomic mass is 10.1. The van der Waals surface area contributed by atoms with Crippen molar-refractivity contribution < 1.29 is 4.39 Å². The van der Waals surface area contributed by atoms with Gasteiger partial charge >= 0.3 is 0 Å². The summed E-state index contributed by atoms with van der Waals surface area (Å²) in [5.74, 6) is 0.228. The fourth-order valence-corrected chi connectivity index (χ4v) is 2.49. The topological polar surface area (TPSA) is 35.8 Å². The van der Waals surface area contributed by atoms with E-state index < -0.39 is 0 Å². The van der Waals surface area contributed by atoms with Crippen LogP contribution in [0.2, 0.25) is 0 Å². The molecule has 0 amide bonds. The summed E-state index contributed by atoms with van der Waals surface area (Å²) in [5, 5.41) is 12.1. The lowest BCUT2D eigenvalue weighted by molar-refractivity contribution is 0.584. The molecule has 2 nitrogen and oxygen atoms in total. The first kappa shape index (κ1) is 12.8. The molecule has 0 saturated heterocycles. The van der Waals surface area contributed by atoms with E-state index in [1.54, 1.807) is 12.1 Å². The predicted octanol–water partition coefficient (Wildman–Crippen LogP) is 3.34. The van der Waals surface area contributed by atoms with E-state index in [2.05, 4.69) is 17.4 Å². The molecular formula is C17H15FN2. The number of rotatable bonds is 4. The standard InChI is InChI=1S/C17H15FN2/c18-16-8-12(10-19)6-7-14(16)11-20-17-9-15(17)13-4-2-1-3-5-13/h1-8,15,17,20H,9,11H2. The van der Waals surface area contributed by atoms with Crippen molar-refractivity contribution in [2.75, 3.05) is 0 Å². The highest BCUT2D eigenvalue weighted by Crippen LogP contribution is 2.40. The molecule has 2 unspecified atom stereocenters. The van der Waals surface area contributed by atoms with E-state index in [0.717, 1.165) is 6.42 Å². The third kappa shape index (κ3) is 2.71. The van der Waals surface area contributed by atoms with E-state index in [4.69, 9.17) is 5.26 Å². The molecule has 100 valence electrons. The molecule has 2 atom stereocenters. The zero-order valence-electron chi connectivity index (χ0n) is 11.0. The van der Waals surface area contributed by atoms with Crippen LogP contribution in [0.25, 0.3) is 0 Å². The third-order valence-corrected chi connectivity index (χ3v) is 3.76. The van der Waals surface area contributed by atoms with Crippen LogP contribution in [0.3, 0.4) is 0 Å². The van der Waals surface area contributed by atoms with Gasteiger partial charge in [0.1, 0.15) is 5.82 Å². The van der Waals surface area contributed by atoms with Gasteiger partial charge in [-0.25, -0.2) is 4.39 Å². The summed E-state index contributed by atoms with van der Waals surface area (Å²) in [6.45, 7) is 0.505. The fraction of sp³-hybridized carbons (Fsp3) is 0.235. The Kier molecular flexibility index (Phi) is 3.49. The Balaban J connectivity index is 1.58. The Morgan fingerprint density at radius 2 is 2.00 bits per heavy atom.